The van der Waals surface area contributed by atoms with Crippen LogP contribution in [0.4, 0.5) is 0 Å². The van der Waals surface area contributed by atoms with Gasteiger partial charge in [0.15, 0.2) is 5.76 Å². The lowest BCUT2D eigenvalue weighted by molar-refractivity contribution is 0.321. The lowest BCUT2D eigenvalue weighted by atomic mass is 10.1. The second-order valence-electron chi connectivity index (χ2n) is 5.83. The van der Waals surface area contributed by atoms with Gasteiger partial charge in [-0.15, -0.1) is 6.58 Å². The molecule has 3 rings (SSSR count). The van der Waals surface area contributed by atoms with Gasteiger partial charge in [-0.25, -0.2) is 0 Å². The molecule has 3 aromatic rings. The van der Waals surface area contributed by atoms with Crippen LogP contribution >= 0.6 is 15.9 Å². The summed E-state index contributed by atoms with van der Waals surface area (Å²) >= 11 is 3.36. The fraction of sp³-hybridized carbons (Fsp3) is 0.150. The molecule has 4 nitrogen and oxygen atoms in total. The predicted molar refractivity (Wildman–Crippen MR) is 102 cm³/mol. The van der Waals surface area contributed by atoms with Crippen LogP contribution in [0, 0.1) is 0 Å². The van der Waals surface area contributed by atoms with Crippen LogP contribution < -0.4 is 10.2 Å². The highest BCUT2D eigenvalue weighted by atomic mass is 79.9. The fourth-order valence-electron chi connectivity index (χ4n) is 2.39. The number of hydrogen-bond donors (Lipinski definition) is 1. The first-order chi connectivity index (χ1) is 12.0. The van der Waals surface area contributed by atoms with Crippen LogP contribution in [-0.2, 0) is 0 Å². The third-order valence-electron chi connectivity index (χ3n) is 3.74. The molecule has 5 heteroatoms. The van der Waals surface area contributed by atoms with E-state index in [9.17, 15) is 9.90 Å². The van der Waals surface area contributed by atoms with E-state index < -0.39 is 11.2 Å². The van der Waals surface area contributed by atoms with Gasteiger partial charge in [-0.3, -0.25) is 4.79 Å². The van der Waals surface area contributed by atoms with Crippen molar-refractivity contribution in [1.29, 1.82) is 0 Å². The maximum atomic E-state index is 12.4. The maximum absolute atomic E-state index is 12.4. The van der Waals surface area contributed by atoms with Crippen LogP contribution in [0.3, 0.4) is 0 Å². The Morgan fingerprint density at radius 1 is 1.24 bits per heavy atom. The van der Waals surface area contributed by atoms with Crippen LogP contribution in [0.5, 0.6) is 11.5 Å². The Kier molecular flexibility index (Phi) is 4.95. The molecule has 128 valence electrons. The van der Waals surface area contributed by atoms with E-state index in [0.29, 0.717) is 28.9 Å². The second-order valence-corrected chi connectivity index (χ2v) is 6.75. The monoisotopic (exact) mass is 400 g/mol. The Morgan fingerprint density at radius 2 is 1.96 bits per heavy atom. The van der Waals surface area contributed by atoms with Crippen molar-refractivity contribution in [1.82, 2.24) is 0 Å². The standard InChI is InChI=1S/C20H17BrO4/c1-12(2)9-10-24-15-7-8-16-17(11-15)25-20(19(23)18(16)22)13-3-5-14(21)6-4-13/h3-8,11,23H,1,9-10H2,2H3. The first-order valence-corrected chi connectivity index (χ1v) is 8.58. The number of rotatable bonds is 5. The molecule has 0 saturated heterocycles. The number of fused-ring (bicyclic) bond motifs is 1. The Hall–Kier alpha value is -2.53. The number of hydrogen-bond acceptors (Lipinski definition) is 4. The SMILES string of the molecule is C=C(C)CCOc1ccc2c(=O)c(O)c(-c3ccc(Br)cc3)oc2c1. The highest BCUT2D eigenvalue weighted by molar-refractivity contribution is 9.10. The average molecular weight is 401 g/mol. The summed E-state index contributed by atoms with van der Waals surface area (Å²) in [4.78, 5) is 12.4. The van der Waals surface area contributed by atoms with Crippen molar-refractivity contribution >= 4 is 26.9 Å². The first kappa shape index (κ1) is 17.3. The average Bonchev–Trinajstić information content (AvgIpc) is 2.58. The van der Waals surface area contributed by atoms with Crippen LogP contribution in [0.25, 0.3) is 22.3 Å². The minimum Gasteiger partial charge on any atom is -0.502 e. The van der Waals surface area contributed by atoms with Gasteiger partial charge < -0.3 is 14.3 Å². The molecule has 2 aromatic carbocycles. The van der Waals surface area contributed by atoms with Gasteiger partial charge in [0.05, 0.1) is 12.0 Å². The molecular formula is C20H17BrO4. The summed E-state index contributed by atoms with van der Waals surface area (Å²) in [6.07, 6.45) is 0.752. The van der Waals surface area contributed by atoms with Crippen LogP contribution in [0.15, 0.2) is 68.3 Å². The summed E-state index contributed by atoms with van der Waals surface area (Å²) in [6, 6.07) is 12.1. The van der Waals surface area contributed by atoms with Gasteiger partial charge >= 0.3 is 0 Å². The fourth-order valence-corrected chi connectivity index (χ4v) is 2.66. The molecule has 0 saturated carbocycles. The Labute approximate surface area is 153 Å². The minimum absolute atomic E-state index is 0.143. The number of ether oxygens (including phenoxy) is 1. The van der Waals surface area contributed by atoms with Crippen LogP contribution in [-0.4, -0.2) is 11.7 Å². The van der Waals surface area contributed by atoms with Gasteiger partial charge in [0.2, 0.25) is 11.2 Å². The zero-order chi connectivity index (χ0) is 18.0. The zero-order valence-electron chi connectivity index (χ0n) is 13.7. The van der Waals surface area contributed by atoms with E-state index in [-0.39, 0.29) is 5.76 Å². The van der Waals surface area contributed by atoms with Crippen molar-refractivity contribution in [2.75, 3.05) is 6.61 Å². The van der Waals surface area contributed by atoms with E-state index in [1.807, 2.05) is 19.1 Å². The van der Waals surface area contributed by atoms with Crippen molar-refractivity contribution in [3.63, 3.8) is 0 Å². The molecule has 0 aliphatic carbocycles. The molecular weight excluding hydrogens is 384 g/mol. The van der Waals surface area contributed by atoms with Crippen molar-refractivity contribution in [2.24, 2.45) is 0 Å². The van der Waals surface area contributed by atoms with Gasteiger partial charge in [0.25, 0.3) is 0 Å². The molecule has 0 unspecified atom stereocenters. The number of benzene rings is 2. The highest BCUT2D eigenvalue weighted by Crippen LogP contribution is 2.32. The number of halogens is 1. The van der Waals surface area contributed by atoms with E-state index in [2.05, 4.69) is 22.5 Å². The van der Waals surface area contributed by atoms with Gasteiger partial charge in [0, 0.05) is 22.5 Å². The topological polar surface area (TPSA) is 59.7 Å². The summed E-state index contributed by atoms with van der Waals surface area (Å²) in [5.74, 6) is 0.346. The van der Waals surface area contributed by atoms with E-state index >= 15 is 0 Å². The minimum atomic E-state index is -0.465. The molecule has 0 spiro atoms. The van der Waals surface area contributed by atoms with Gasteiger partial charge in [-0.05, 0) is 43.3 Å². The summed E-state index contributed by atoms with van der Waals surface area (Å²) in [5.41, 5.74) is 1.56. The molecule has 1 N–H and O–H groups in total. The van der Waals surface area contributed by atoms with Crippen molar-refractivity contribution in [2.45, 2.75) is 13.3 Å². The smallest absolute Gasteiger partial charge is 0.235 e. The molecule has 0 radical (unpaired) electrons. The lowest BCUT2D eigenvalue weighted by Gasteiger charge is -2.09. The highest BCUT2D eigenvalue weighted by Gasteiger charge is 2.15. The maximum Gasteiger partial charge on any atom is 0.235 e. The van der Waals surface area contributed by atoms with Crippen molar-refractivity contribution in [3.8, 4) is 22.8 Å². The number of aromatic hydroxyl groups is 1. The largest absolute Gasteiger partial charge is 0.502 e. The third-order valence-corrected chi connectivity index (χ3v) is 4.27. The van der Waals surface area contributed by atoms with Crippen molar-refractivity contribution < 1.29 is 14.3 Å². The molecule has 0 atom stereocenters. The quantitative estimate of drug-likeness (QED) is 0.592. The Balaban J connectivity index is 2.04. The van der Waals surface area contributed by atoms with E-state index in [1.165, 1.54) is 0 Å². The van der Waals surface area contributed by atoms with Gasteiger partial charge in [-0.2, -0.15) is 0 Å². The van der Waals surface area contributed by atoms with E-state index in [4.69, 9.17) is 9.15 Å². The molecule has 0 fully saturated rings. The summed E-state index contributed by atoms with van der Waals surface area (Å²) in [7, 11) is 0. The predicted octanol–water partition coefficient (Wildman–Crippen LogP) is 5.27. The molecule has 1 aromatic heterocycles. The van der Waals surface area contributed by atoms with Crippen molar-refractivity contribution in [3.05, 3.63) is 69.3 Å². The van der Waals surface area contributed by atoms with E-state index in [1.54, 1.807) is 30.3 Å². The molecule has 0 amide bonds. The van der Waals surface area contributed by atoms with Gasteiger partial charge in [0.1, 0.15) is 11.3 Å². The molecule has 1 heterocycles. The van der Waals surface area contributed by atoms with Crippen LogP contribution in [0.2, 0.25) is 0 Å². The van der Waals surface area contributed by atoms with E-state index in [0.717, 1.165) is 16.5 Å². The third kappa shape index (κ3) is 3.77. The lowest BCUT2D eigenvalue weighted by Crippen LogP contribution is -2.03. The summed E-state index contributed by atoms with van der Waals surface area (Å²) in [5, 5.41) is 10.5. The first-order valence-electron chi connectivity index (χ1n) is 7.78. The molecule has 0 aliphatic rings. The Bertz CT molecular complexity index is 987. The molecule has 0 bridgehead atoms. The normalized spacial score (nSPS) is 10.8. The molecule has 25 heavy (non-hydrogen) atoms. The zero-order valence-corrected chi connectivity index (χ0v) is 15.3. The molecule has 0 aliphatic heterocycles. The Morgan fingerprint density at radius 3 is 2.64 bits per heavy atom. The van der Waals surface area contributed by atoms with Crippen LogP contribution in [0.1, 0.15) is 13.3 Å². The van der Waals surface area contributed by atoms with Gasteiger partial charge in [-0.1, -0.05) is 21.5 Å². The second kappa shape index (κ2) is 7.15. The summed E-state index contributed by atoms with van der Waals surface area (Å²) in [6.45, 7) is 6.28. The summed E-state index contributed by atoms with van der Waals surface area (Å²) < 4.78 is 12.4.